The summed E-state index contributed by atoms with van der Waals surface area (Å²) < 4.78 is 34.4. The van der Waals surface area contributed by atoms with E-state index in [9.17, 15) is 18.0 Å². The van der Waals surface area contributed by atoms with Gasteiger partial charge in [-0.3, -0.25) is 13.9 Å². The second-order valence-electron chi connectivity index (χ2n) is 10.6. The third kappa shape index (κ3) is 8.26. The lowest BCUT2D eigenvalue weighted by atomic mass is 10.0. The molecule has 0 unspecified atom stereocenters. The number of hydrogen-bond donors (Lipinski definition) is 1. The zero-order valence-corrected chi connectivity index (χ0v) is 26.1. The molecule has 44 heavy (non-hydrogen) atoms. The molecule has 0 aliphatic rings. The van der Waals surface area contributed by atoms with Crippen LogP contribution < -0.4 is 14.4 Å². The van der Waals surface area contributed by atoms with E-state index < -0.39 is 28.5 Å². The van der Waals surface area contributed by atoms with Crippen LogP contribution in [0, 0.1) is 0 Å². The molecule has 4 rings (SSSR count). The number of amides is 2. The number of ether oxygens (including phenoxy) is 1. The molecule has 8 nitrogen and oxygen atoms in total. The Morgan fingerprint density at radius 2 is 1.34 bits per heavy atom. The Morgan fingerprint density at radius 3 is 1.89 bits per heavy atom. The van der Waals surface area contributed by atoms with E-state index in [0.29, 0.717) is 11.4 Å². The highest BCUT2D eigenvalue weighted by Crippen LogP contribution is 2.27. The molecule has 0 heterocycles. The molecule has 230 valence electrons. The number of nitrogens with one attached hydrogen (secondary N) is 1. The largest absolute Gasteiger partial charge is 0.497 e. The van der Waals surface area contributed by atoms with Gasteiger partial charge in [0.2, 0.25) is 11.8 Å². The molecular formula is C35H39N3O5S. The fourth-order valence-electron chi connectivity index (χ4n) is 4.77. The van der Waals surface area contributed by atoms with Gasteiger partial charge in [0.15, 0.2) is 0 Å². The van der Waals surface area contributed by atoms with Crippen LogP contribution in [0.3, 0.4) is 0 Å². The number of sulfonamides is 1. The second-order valence-corrected chi connectivity index (χ2v) is 12.4. The lowest BCUT2D eigenvalue weighted by Crippen LogP contribution is -2.54. The van der Waals surface area contributed by atoms with Gasteiger partial charge in [-0.15, -0.1) is 0 Å². The van der Waals surface area contributed by atoms with Gasteiger partial charge in [0, 0.05) is 19.0 Å². The van der Waals surface area contributed by atoms with E-state index in [1.165, 1.54) is 24.1 Å². The predicted octanol–water partition coefficient (Wildman–Crippen LogP) is 5.45. The molecule has 0 saturated heterocycles. The average molecular weight is 614 g/mol. The zero-order valence-electron chi connectivity index (χ0n) is 25.3. The summed E-state index contributed by atoms with van der Waals surface area (Å²) >= 11 is 0. The average Bonchev–Trinajstić information content (AvgIpc) is 3.06. The minimum absolute atomic E-state index is 0.0496. The van der Waals surface area contributed by atoms with Gasteiger partial charge in [0.05, 0.1) is 17.7 Å². The summed E-state index contributed by atoms with van der Waals surface area (Å²) in [7, 11) is -2.63. The molecule has 4 aromatic rings. The molecule has 1 N–H and O–H groups in total. The Labute approximate surface area is 260 Å². The van der Waals surface area contributed by atoms with Crippen molar-refractivity contribution in [3.05, 3.63) is 126 Å². The molecule has 0 saturated carbocycles. The van der Waals surface area contributed by atoms with E-state index in [0.717, 1.165) is 21.9 Å². The van der Waals surface area contributed by atoms with Crippen LogP contribution in [0.1, 0.15) is 31.4 Å². The summed E-state index contributed by atoms with van der Waals surface area (Å²) in [5.41, 5.74) is 2.00. The van der Waals surface area contributed by atoms with Crippen LogP contribution in [0.2, 0.25) is 0 Å². The van der Waals surface area contributed by atoms with Crippen LogP contribution in [0.25, 0.3) is 0 Å². The molecule has 0 aliphatic carbocycles. The molecule has 0 spiro atoms. The molecule has 2 atom stereocenters. The van der Waals surface area contributed by atoms with E-state index in [1.807, 2.05) is 74.5 Å². The lowest BCUT2D eigenvalue weighted by molar-refractivity contribution is -0.140. The Kier molecular flexibility index (Phi) is 11.2. The standard InChI is InChI=1S/C35H39N3O5S/c1-4-27(2)36-35(40)33(24-28-14-8-5-9-15-28)37(25-29-16-10-6-11-17-29)34(39)26-38(30-20-22-31(43-3)23-21-30)44(41,42)32-18-12-7-13-19-32/h5-23,27,33H,4,24-26H2,1-3H3,(H,36,40)/t27-,33-/m1/s1. The number of carbonyl (C=O) groups excluding carboxylic acids is 2. The molecule has 0 aliphatic heterocycles. The van der Waals surface area contributed by atoms with E-state index in [4.69, 9.17) is 4.74 Å². The van der Waals surface area contributed by atoms with Crippen LogP contribution in [0.5, 0.6) is 5.75 Å². The normalized spacial score (nSPS) is 12.5. The highest BCUT2D eigenvalue weighted by Gasteiger charge is 2.35. The summed E-state index contributed by atoms with van der Waals surface area (Å²) in [6.45, 7) is 3.50. The Hall–Kier alpha value is -4.63. The van der Waals surface area contributed by atoms with Crippen molar-refractivity contribution in [2.75, 3.05) is 18.0 Å². The van der Waals surface area contributed by atoms with Crippen LogP contribution in [0.4, 0.5) is 5.69 Å². The molecular weight excluding hydrogens is 574 g/mol. The maximum atomic E-state index is 14.4. The van der Waals surface area contributed by atoms with Crippen molar-refractivity contribution in [2.45, 2.75) is 50.2 Å². The number of anilines is 1. The zero-order chi connectivity index (χ0) is 31.5. The summed E-state index contributed by atoms with van der Waals surface area (Å²) in [6.07, 6.45) is 0.979. The summed E-state index contributed by atoms with van der Waals surface area (Å²) in [5, 5.41) is 3.05. The van der Waals surface area contributed by atoms with Crippen molar-refractivity contribution in [1.29, 1.82) is 0 Å². The fourth-order valence-corrected chi connectivity index (χ4v) is 6.21. The van der Waals surface area contributed by atoms with Gasteiger partial charge in [-0.05, 0) is 60.9 Å². The molecule has 2 amide bonds. The van der Waals surface area contributed by atoms with Gasteiger partial charge in [-0.1, -0.05) is 85.8 Å². The van der Waals surface area contributed by atoms with Crippen LogP contribution in [0.15, 0.2) is 120 Å². The van der Waals surface area contributed by atoms with Crippen molar-refractivity contribution in [2.24, 2.45) is 0 Å². The topological polar surface area (TPSA) is 96.0 Å². The van der Waals surface area contributed by atoms with E-state index >= 15 is 0 Å². The lowest BCUT2D eigenvalue weighted by Gasteiger charge is -2.34. The first-order valence-corrected chi connectivity index (χ1v) is 16.1. The number of methoxy groups -OCH3 is 1. The first-order valence-electron chi connectivity index (χ1n) is 14.6. The number of hydrogen-bond acceptors (Lipinski definition) is 5. The van der Waals surface area contributed by atoms with Crippen molar-refractivity contribution in [3.63, 3.8) is 0 Å². The maximum absolute atomic E-state index is 14.4. The highest BCUT2D eigenvalue weighted by molar-refractivity contribution is 7.92. The second kappa shape index (κ2) is 15.2. The monoisotopic (exact) mass is 613 g/mol. The Balaban J connectivity index is 1.78. The number of rotatable bonds is 14. The molecule has 0 fully saturated rings. The number of benzene rings is 4. The molecule has 9 heteroatoms. The fraction of sp³-hybridized carbons (Fsp3) is 0.257. The number of nitrogens with zero attached hydrogens (tertiary/aromatic N) is 2. The number of carbonyl (C=O) groups is 2. The SMILES string of the molecule is CC[C@@H](C)NC(=O)[C@@H](Cc1ccccc1)N(Cc1ccccc1)C(=O)CN(c1ccc(OC)cc1)S(=O)(=O)c1ccccc1. The van der Waals surface area contributed by atoms with Gasteiger partial charge in [-0.25, -0.2) is 8.42 Å². The molecule has 4 aromatic carbocycles. The predicted molar refractivity (Wildman–Crippen MR) is 173 cm³/mol. The smallest absolute Gasteiger partial charge is 0.264 e. The first-order chi connectivity index (χ1) is 21.2. The molecule has 0 radical (unpaired) electrons. The Bertz CT molecular complexity index is 1600. The maximum Gasteiger partial charge on any atom is 0.264 e. The molecule has 0 aromatic heterocycles. The van der Waals surface area contributed by atoms with Gasteiger partial charge < -0.3 is 15.0 Å². The Morgan fingerprint density at radius 1 is 0.795 bits per heavy atom. The highest BCUT2D eigenvalue weighted by atomic mass is 32.2. The molecule has 0 bridgehead atoms. The van der Waals surface area contributed by atoms with Crippen molar-refractivity contribution in [1.82, 2.24) is 10.2 Å². The minimum atomic E-state index is -4.16. The van der Waals surface area contributed by atoms with Crippen molar-refractivity contribution >= 4 is 27.5 Å². The van der Waals surface area contributed by atoms with E-state index in [2.05, 4.69) is 5.32 Å². The van der Waals surface area contributed by atoms with Crippen LogP contribution >= 0.6 is 0 Å². The van der Waals surface area contributed by atoms with Crippen molar-refractivity contribution < 1.29 is 22.7 Å². The third-order valence-electron chi connectivity index (χ3n) is 7.44. The quantitative estimate of drug-likeness (QED) is 0.204. The van der Waals surface area contributed by atoms with E-state index in [1.54, 1.807) is 42.5 Å². The van der Waals surface area contributed by atoms with Crippen molar-refractivity contribution in [3.8, 4) is 5.75 Å². The summed E-state index contributed by atoms with van der Waals surface area (Å²) in [5.74, 6) is -0.258. The van der Waals surface area contributed by atoms with Gasteiger partial charge in [0.1, 0.15) is 18.3 Å². The van der Waals surface area contributed by atoms with Gasteiger partial charge >= 0.3 is 0 Å². The third-order valence-corrected chi connectivity index (χ3v) is 9.23. The first kappa shape index (κ1) is 32.3. The summed E-state index contributed by atoms with van der Waals surface area (Å²) in [6, 6.07) is 32.4. The van der Waals surface area contributed by atoms with E-state index in [-0.39, 0.29) is 29.8 Å². The van der Waals surface area contributed by atoms with Gasteiger partial charge in [0.25, 0.3) is 10.0 Å². The van der Waals surface area contributed by atoms with Gasteiger partial charge in [-0.2, -0.15) is 0 Å². The van der Waals surface area contributed by atoms with Crippen LogP contribution in [-0.2, 0) is 32.6 Å². The summed E-state index contributed by atoms with van der Waals surface area (Å²) in [4.78, 5) is 29.8. The minimum Gasteiger partial charge on any atom is -0.497 e. The van der Waals surface area contributed by atoms with Crippen LogP contribution in [-0.4, -0.2) is 50.9 Å².